The number of nitrogens with one attached hydrogen (secondary N) is 1. The van der Waals surface area contributed by atoms with Crippen LogP contribution in [0.3, 0.4) is 0 Å². The number of halogens is 2. The van der Waals surface area contributed by atoms with Crippen molar-refractivity contribution in [2.75, 3.05) is 0 Å². The van der Waals surface area contributed by atoms with Crippen LogP contribution in [-0.4, -0.2) is 5.91 Å². The normalized spacial score (nSPS) is 10.2. The number of ether oxygens (including phenoxy) is 1. The Labute approximate surface area is 120 Å². The Kier molecular flexibility index (Phi) is 4.55. The van der Waals surface area contributed by atoms with E-state index in [4.69, 9.17) is 22.2 Å². The second-order valence-electron chi connectivity index (χ2n) is 4.03. The molecule has 20 heavy (non-hydrogen) atoms. The zero-order valence-electron chi connectivity index (χ0n) is 10.4. The van der Waals surface area contributed by atoms with E-state index in [1.54, 1.807) is 24.3 Å². The summed E-state index contributed by atoms with van der Waals surface area (Å²) in [6, 6.07) is 10.6. The number of benzene rings is 2. The van der Waals surface area contributed by atoms with Gasteiger partial charge >= 0.3 is 0 Å². The zero-order valence-corrected chi connectivity index (χ0v) is 11.2. The van der Waals surface area contributed by atoms with Crippen molar-refractivity contribution in [3.8, 4) is 5.75 Å². The van der Waals surface area contributed by atoms with Crippen LogP contribution in [0.15, 0.2) is 42.5 Å². The molecular formula is C14H12ClFN2O2. The molecule has 0 aromatic heterocycles. The van der Waals surface area contributed by atoms with Gasteiger partial charge in [0.2, 0.25) is 0 Å². The lowest BCUT2D eigenvalue weighted by Crippen LogP contribution is -2.30. The largest absolute Gasteiger partial charge is 0.488 e. The quantitative estimate of drug-likeness (QED) is 0.518. The maximum Gasteiger partial charge on any atom is 0.268 e. The van der Waals surface area contributed by atoms with Gasteiger partial charge in [0.25, 0.3) is 5.91 Å². The third kappa shape index (κ3) is 3.46. The molecule has 0 heterocycles. The summed E-state index contributed by atoms with van der Waals surface area (Å²) >= 11 is 5.83. The summed E-state index contributed by atoms with van der Waals surface area (Å²) in [5, 5.41) is 0.390. The third-order valence-corrected chi connectivity index (χ3v) is 2.84. The Bertz CT molecular complexity index is 634. The van der Waals surface area contributed by atoms with Crippen molar-refractivity contribution in [1.29, 1.82) is 0 Å². The van der Waals surface area contributed by atoms with Crippen LogP contribution in [0.1, 0.15) is 15.9 Å². The van der Waals surface area contributed by atoms with E-state index in [1.807, 2.05) is 5.43 Å². The van der Waals surface area contributed by atoms with E-state index >= 15 is 0 Å². The molecule has 0 radical (unpaired) electrons. The minimum absolute atomic E-state index is 0.129. The maximum atomic E-state index is 13.1. The van der Waals surface area contributed by atoms with Gasteiger partial charge in [-0.15, -0.1) is 0 Å². The number of nitrogens with two attached hydrogens (primary N) is 1. The van der Waals surface area contributed by atoms with Crippen molar-refractivity contribution in [1.82, 2.24) is 5.43 Å². The first-order valence-electron chi connectivity index (χ1n) is 5.78. The summed E-state index contributed by atoms with van der Waals surface area (Å²) in [6.45, 7) is 0.129. The van der Waals surface area contributed by atoms with E-state index in [9.17, 15) is 9.18 Å². The SMILES string of the molecule is NNC(=O)c1cc(Cl)ccc1OCc1cccc(F)c1. The lowest BCUT2D eigenvalue weighted by molar-refractivity contribution is 0.0949. The molecule has 0 atom stereocenters. The van der Waals surface area contributed by atoms with E-state index in [1.165, 1.54) is 18.2 Å². The highest BCUT2D eigenvalue weighted by atomic mass is 35.5. The molecule has 2 rings (SSSR count). The molecule has 0 saturated carbocycles. The standard InChI is InChI=1S/C14H12ClFN2O2/c15-10-4-5-13(12(7-10)14(19)18-17)20-8-9-2-1-3-11(16)6-9/h1-7H,8,17H2,(H,18,19). The Morgan fingerprint density at radius 2 is 2.10 bits per heavy atom. The maximum absolute atomic E-state index is 13.1. The van der Waals surface area contributed by atoms with Gasteiger partial charge in [0.05, 0.1) is 5.56 Å². The average molecular weight is 295 g/mol. The van der Waals surface area contributed by atoms with Crippen molar-refractivity contribution >= 4 is 17.5 Å². The summed E-state index contributed by atoms with van der Waals surface area (Å²) < 4.78 is 18.6. The molecule has 0 saturated heterocycles. The molecule has 104 valence electrons. The highest BCUT2D eigenvalue weighted by Crippen LogP contribution is 2.23. The van der Waals surface area contributed by atoms with Crippen molar-refractivity contribution in [2.24, 2.45) is 5.84 Å². The molecule has 0 spiro atoms. The highest BCUT2D eigenvalue weighted by Gasteiger charge is 2.12. The highest BCUT2D eigenvalue weighted by molar-refractivity contribution is 6.31. The molecule has 6 heteroatoms. The second-order valence-corrected chi connectivity index (χ2v) is 4.47. The Hall–Kier alpha value is -2.11. The van der Waals surface area contributed by atoms with E-state index in [0.717, 1.165) is 0 Å². The van der Waals surface area contributed by atoms with E-state index in [2.05, 4.69) is 0 Å². The molecule has 0 unspecified atom stereocenters. The van der Waals surface area contributed by atoms with E-state index in [-0.39, 0.29) is 18.0 Å². The van der Waals surface area contributed by atoms with Gasteiger partial charge in [0.15, 0.2) is 0 Å². The Morgan fingerprint density at radius 1 is 1.30 bits per heavy atom. The third-order valence-electron chi connectivity index (χ3n) is 2.60. The summed E-state index contributed by atoms with van der Waals surface area (Å²) in [5.41, 5.74) is 2.89. The van der Waals surface area contributed by atoms with Crippen LogP contribution in [0.4, 0.5) is 4.39 Å². The summed E-state index contributed by atoms with van der Waals surface area (Å²) in [4.78, 5) is 11.6. The fourth-order valence-corrected chi connectivity index (χ4v) is 1.84. The fraction of sp³-hybridized carbons (Fsp3) is 0.0714. The molecule has 0 aliphatic heterocycles. The summed E-state index contributed by atoms with van der Waals surface area (Å²) in [5.74, 6) is 4.57. The van der Waals surface area contributed by atoms with Gasteiger partial charge in [-0.25, -0.2) is 10.2 Å². The number of carbonyl (C=O) groups is 1. The number of hydrazine groups is 1. The number of nitrogen functional groups attached to an aromatic ring is 1. The van der Waals surface area contributed by atoms with E-state index < -0.39 is 5.91 Å². The minimum atomic E-state index is -0.512. The van der Waals surface area contributed by atoms with Crippen LogP contribution in [0.5, 0.6) is 5.75 Å². The van der Waals surface area contributed by atoms with E-state index in [0.29, 0.717) is 16.3 Å². The van der Waals surface area contributed by atoms with Crippen molar-refractivity contribution in [3.05, 3.63) is 64.4 Å². The lowest BCUT2D eigenvalue weighted by atomic mass is 10.2. The van der Waals surface area contributed by atoms with Gasteiger partial charge in [-0.05, 0) is 35.9 Å². The van der Waals surface area contributed by atoms with Crippen LogP contribution in [-0.2, 0) is 6.61 Å². The molecule has 0 aliphatic rings. The van der Waals surface area contributed by atoms with Gasteiger partial charge in [-0.3, -0.25) is 10.2 Å². The summed E-state index contributed by atoms with van der Waals surface area (Å²) in [7, 11) is 0. The molecule has 4 nitrogen and oxygen atoms in total. The molecule has 0 aliphatic carbocycles. The van der Waals surface area contributed by atoms with Gasteiger partial charge in [-0.2, -0.15) is 0 Å². The van der Waals surface area contributed by atoms with Gasteiger partial charge < -0.3 is 4.74 Å². The van der Waals surface area contributed by atoms with Crippen LogP contribution in [0.25, 0.3) is 0 Å². The predicted molar refractivity (Wildman–Crippen MR) is 73.8 cm³/mol. The minimum Gasteiger partial charge on any atom is -0.488 e. The first kappa shape index (κ1) is 14.3. The first-order chi connectivity index (χ1) is 9.60. The van der Waals surface area contributed by atoms with Gasteiger partial charge in [-0.1, -0.05) is 23.7 Å². The number of hydrogen-bond acceptors (Lipinski definition) is 3. The Balaban J connectivity index is 2.19. The monoisotopic (exact) mass is 294 g/mol. The Morgan fingerprint density at radius 3 is 2.80 bits per heavy atom. The molecule has 1 amide bonds. The average Bonchev–Trinajstić information content (AvgIpc) is 2.45. The molecule has 3 N–H and O–H groups in total. The van der Waals surface area contributed by atoms with Crippen molar-refractivity contribution in [2.45, 2.75) is 6.61 Å². The molecule has 2 aromatic rings. The zero-order chi connectivity index (χ0) is 14.5. The molecular weight excluding hydrogens is 283 g/mol. The van der Waals surface area contributed by atoms with Gasteiger partial charge in [0.1, 0.15) is 18.2 Å². The van der Waals surface area contributed by atoms with Crippen molar-refractivity contribution < 1.29 is 13.9 Å². The van der Waals surface area contributed by atoms with Crippen LogP contribution in [0, 0.1) is 5.82 Å². The molecule has 2 aromatic carbocycles. The predicted octanol–water partition coefficient (Wildman–Crippen LogP) is 2.66. The summed E-state index contributed by atoms with van der Waals surface area (Å²) in [6.07, 6.45) is 0. The molecule has 0 fully saturated rings. The van der Waals surface area contributed by atoms with Crippen LogP contribution >= 0.6 is 11.6 Å². The topological polar surface area (TPSA) is 64.3 Å². The number of rotatable bonds is 4. The lowest BCUT2D eigenvalue weighted by Gasteiger charge is -2.11. The molecule has 0 bridgehead atoms. The first-order valence-corrected chi connectivity index (χ1v) is 6.15. The van der Waals surface area contributed by atoms with Crippen LogP contribution in [0.2, 0.25) is 5.02 Å². The smallest absolute Gasteiger partial charge is 0.268 e. The van der Waals surface area contributed by atoms with Crippen molar-refractivity contribution in [3.63, 3.8) is 0 Å². The number of carbonyl (C=O) groups excluding carboxylic acids is 1. The number of amides is 1. The van der Waals surface area contributed by atoms with Gasteiger partial charge in [0, 0.05) is 5.02 Å². The van der Waals surface area contributed by atoms with Crippen LogP contribution < -0.4 is 16.0 Å². The fourth-order valence-electron chi connectivity index (χ4n) is 1.67. The number of hydrogen-bond donors (Lipinski definition) is 2. The second kappa shape index (κ2) is 6.36.